The monoisotopic (exact) mass is 262 g/mol. The number of amides is 2. The number of anilines is 2. The summed E-state index contributed by atoms with van der Waals surface area (Å²) >= 11 is 0. The molecule has 6 heteroatoms. The molecule has 4 N–H and O–H groups in total. The van der Waals surface area contributed by atoms with Crippen LogP contribution < -0.4 is 16.4 Å². The molecule has 0 radical (unpaired) electrons. The van der Waals surface area contributed by atoms with Gasteiger partial charge < -0.3 is 16.4 Å². The third-order valence-electron chi connectivity index (χ3n) is 3.17. The minimum Gasteiger partial charge on any atom is -0.399 e. The molecule has 0 saturated carbocycles. The van der Waals surface area contributed by atoms with Crippen LogP contribution in [0.5, 0.6) is 0 Å². The lowest BCUT2D eigenvalue weighted by atomic mass is 10.2. The highest BCUT2D eigenvalue weighted by Crippen LogP contribution is 2.11. The Hall–Kier alpha value is -2.08. The van der Waals surface area contributed by atoms with E-state index in [4.69, 9.17) is 5.73 Å². The van der Waals surface area contributed by atoms with E-state index in [0.717, 1.165) is 0 Å². The van der Waals surface area contributed by atoms with Gasteiger partial charge in [0.2, 0.25) is 11.8 Å². The Labute approximate surface area is 112 Å². The fraction of sp³-hybridized carbons (Fsp3) is 0.385. The van der Waals surface area contributed by atoms with Gasteiger partial charge in [-0.15, -0.1) is 0 Å². The lowest BCUT2D eigenvalue weighted by Crippen LogP contribution is -2.55. The number of nitrogens with zero attached hydrogens (tertiary/aromatic N) is 1. The number of hydrogen-bond acceptors (Lipinski definition) is 4. The normalized spacial score (nSPS) is 19.8. The largest absolute Gasteiger partial charge is 0.399 e. The maximum Gasteiger partial charge on any atom is 0.238 e. The van der Waals surface area contributed by atoms with E-state index in [2.05, 4.69) is 10.6 Å². The minimum atomic E-state index is -0.272. The van der Waals surface area contributed by atoms with Crippen molar-refractivity contribution in [3.8, 4) is 0 Å². The van der Waals surface area contributed by atoms with E-state index in [1.54, 1.807) is 31.2 Å². The fourth-order valence-corrected chi connectivity index (χ4v) is 2.00. The third kappa shape index (κ3) is 3.45. The zero-order chi connectivity index (χ0) is 13.8. The molecule has 1 atom stereocenters. The van der Waals surface area contributed by atoms with Crippen molar-refractivity contribution in [1.29, 1.82) is 0 Å². The molecule has 1 aliphatic heterocycles. The van der Waals surface area contributed by atoms with Crippen LogP contribution in [0.25, 0.3) is 0 Å². The van der Waals surface area contributed by atoms with E-state index in [-0.39, 0.29) is 24.4 Å². The van der Waals surface area contributed by atoms with Crippen molar-refractivity contribution in [3.63, 3.8) is 0 Å². The summed E-state index contributed by atoms with van der Waals surface area (Å²) in [5.41, 5.74) is 6.93. The van der Waals surface area contributed by atoms with Crippen molar-refractivity contribution in [2.75, 3.05) is 30.7 Å². The number of nitrogens with two attached hydrogens (primary N) is 1. The number of piperazine rings is 1. The van der Waals surface area contributed by atoms with E-state index in [9.17, 15) is 9.59 Å². The number of carbonyl (C=O) groups is 2. The summed E-state index contributed by atoms with van der Waals surface area (Å²) in [6.45, 7) is 3.27. The van der Waals surface area contributed by atoms with Crippen LogP contribution in [0.3, 0.4) is 0 Å². The van der Waals surface area contributed by atoms with Gasteiger partial charge in [0.1, 0.15) is 0 Å². The molecule has 1 fully saturated rings. The molecule has 1 aromatic rings. The van der Waals surface area contributed by atoms with Crippen LogP contribution in [0.15, 0.2) is 24.3 Å². The minimum absolute atomic E-state index is 0.0356. The standard InChI is InChI=1S/C13H18N4O2/c1-9-13(19)15-6-7-17(9)8-12(18)16-11-4-2-10(14)3-5-11/h2-5,9H,6-8,14H2,1H3,(H,15,19)(H,16,18). The third-order valence-corrected chi connectivity index (χ3v) is 3.17. The Morgan fingerprint density at radius 1 is 1.47 bits per heavy atom. The number of nitrogen functional groups attached to an aromatic ring is 1. The van der Waals surface area contributed by atoms with Gasteiger partial charge in [0.05, 0.1) is 12.6 Å². The van der Waals surface area contributed by atoms with Crippen LogP contribution in [0, 0.1) is 0 Å². The summed E-state index contributed by atoms with van der Waals surface area (Å²) in [5, 5.41) is 5.55. The van der Waals surface area contributed by atoms with Gasteiger partial charge in [0, 0.05) is 24.5 Å². The predicted molar refractivity (Wildman–Crippen MR) is 73.5 cm³/mol. The Morgan fingerprint density at radius 3 is 2.84 bits per heavy atom. The van der Waals surface area contributed by atoms with Crippen LogP contribution in [-0.2, 0) is 9.59 Å². The molecular formula is C13H18N4O2. The van der Waals surface area contributed by atoms with Crippen molar-refractivity contribution in [1.82, 2.24) is 10.2 Å². The summed E-state index contributed by atoms with van der Waals surface area (Å²) in [6, 6.07) is 6.68. The van der Waals surface area contributed by atoms with Gasteiger partial charge in [0.15, 0.2) is 0 Å². The second kappa shape index (κ2) is 5.71. The Kier molecular flexibility index (Phi) is 4.01. The van der Waals surface area contributed by atoms with E-state index in [1.165, 1.54) is 0 Å². The first-order chi connectivity index (χ1) is 9.06. The molecule has 1 aromatic carbocycles. The van der Waals surface area contributed by atoms with Gasteiger partial charge in [0.25, 0.3) is 0 Å². The summed E-state index contributed by atoms with van der Waals surface area (Å²) in [5.74, 6) is -0.169. The first-order valence-corrected chi connectivity index (χ1v) is 6.23. The van der Waals surface area contributed by atoms with Crippen molar-refractivity contribution >= 4 is 23.2 Å². The summed E-state index contributed by atoms with van der Waals surface area (Å²) < 4.78 is 0. The smallest absolute Gasteiger partial charge is 0.238 e. The van der Waals surface area contributed by atoms with Crippen molar-refractivity contribution in [3.05, 3.63) is 24.3 Å². The Bertz CT molecular complexity index is 472. The van der Waals surface area contributed by atoms with Gasteiger partial charge in [-0.05, 0) is 31.2 Å². The van der Waals surface area contributed by atoms with Crippen LogP contribution in [0.2, 0.25) is 0 Å². The molecule has 6 nitrogen and oxygen atoms in total. The topological polar surface area (TPSA) is 87.5 Å². The number of nitrogens with one attached hydrogen (secondary N) is 2. The lowest BCUT2D eigenvalue weighted by molar-refractivity contribution is -0.129. The molecule has 1 unspecified atom stereocenters. The maximum absolute atomic E-state index is 11.9. The molecule has 0 aliphatic carbocycles. The van der Waals surface area contributed by atoms with Crippen LogP contribution in [-0.4, -0.2) is 42.4 Å². The van der Waals surface area contributed by atoms with E-state index in [1.807, 2.05) is 4.90 Å². The summed E-state index contributed by atoms with van der Waals surface area (Å²) in [7, 11) is 0. The molecule has 0 spiro atoms. The average Bonchev–Trinajstić information content (AvgIpc) is 2.38. The van der Waals surface area contributed by atoms with E-state index in [0.29, 0.717) is 24.5 Å². The molecule has 2 amide bonds. The quantitative estimate of drug-likeness (QED) is 0.671. The van der Waals surface area contributed by atoms with Gasteiger partial charge in [-0.25, -0.2) is 0 Å². The molecule has 2 rings (SSSR count). The van der Waals surface area contributed by atoms with E-state index < -0.39 is 0 Å². The molecule has 0 aromatic heterocycles. The lowest BCUT2D eigenvalue weighted by Gasteiger charge is -2.31. The number of carbonyl (C=O) groups excluding carboxylic acids is 2. The highest BCUT2D eigenvalue weighted by Gasteiger charge is 2.26. The highest BCUT2D eigenvalue weighted by molar-refractivity contribution is 5.93. The zero-order valence-corrected chi connectivity index (χ0v) is 10.8. The number of rotatable bonds is 3. The summed E-state index contributed by atoms with van der Waals surface area (Å²) in [6.07, 6.45) is 0. The summed E-state index contributed by atoms with van der Waals surface area (Å²) in [4.78, 5) is 25.2. The van der Waals surface area contributed by atoms with E-state index >= 15 is 0 Å². The van der Waals surface area contributed by atoms with Crippen LogP contribution in [0.4, 0.5) is 11.4 Å². The van der Waals surface area contributed by atoms with Gasteiger partial charge in [-0.3, -0.25) is 14.5 Å². The van der Waals surface area contributed by atoms with Crippen molar-refractivity contribution < 1.29 is 9.59 Å². The molecule has 19 heavy (non-hydrogen) atoms. The van der Waals surface area contributed by atoms with Crippen LogP contribution in [0.1, 0.15) is 6.92 Å². The first kappa shape index (κ1) is 13.4. The van der Waals surface area contributed by atoms with Gasteiger partial charge in [-0.1, -0.05) is 0 Å². The highest BCUT2D eigenvalue weighted by atomic mass is 16.2. The first-order valence-electron chi connectivity index (χ1n) is 6.23. The molecule has 102 valence electrons. The molecule has 1 aliphatic rings. The number of benzene rings is 1. The molecular weight excluding hydrogens is 244 g/mol. The SMILES string of the molecule is CC1C(=O)NCCN1CC(=O)Nc1ccc(N)cc1. The van der Waals surface area contributed by atoms with Gasteiger partial charge >= 0.3 is 0 Å². The number of hydrogen-bond donors (Lipinski definition) is 3. The van der Waals surface area contributed by atoms with Crippen molar-refractivity contribution in [2.24, 2.45) is 0 Å². The molecule has 1 heterocycles. The Balaban J connectivity index is 1.90. The zero-order valence-electron chi connectivity index (χ0n) is 10.8. The average molecular weight is 262 g/mol. The van der Waals surface area contributed by atoms with Crippen molar-refractivity contribution in [2.45, 2.75) is 13.0 Å². The molecule has 0 bridgehead atoms. The predicted octanol–water partition coefficient (Wildman–Crippen LogP) is 0.0276. The Morgan fingerprint density at radius 2 is 2.16 bits per heavy atom. The fourth-order valence-electron chi connectivity index (χ4n) is 2.00. The maximum atomic E-state index is 11.9. The van der Waals surface area contributed by atoms with Gasteiger partial charge in [-0.2, -0.15) is 0 Å². The van der Waals surface area contributed by atoms with Crippen LogP contribution >= 0.6 is 0 Å². The second-order valence-corrected chi connectivity index (χ2v) is 4.61. The second-order valence-electron chi connectivity index (χ2n) is 4.61. The molecule has 1 saturated heterocycles.